The lowest BCUT2D eigenvalue weighted by molar-refractivity contribution is -0.385. The predicted octanol–water partition coefficient (Wildman–Crippen LogP) is -3.20. The van der Waals surface area contributed by atoms with Crippen LogP contribution in [0.15, 0.2) is 12.2 Å². The maximum atomic E-state index is 13.5. The number of amides is 3. The molecule has 12 unspecified atom stereocenters. The number of carbonyl (C=O) groups is 3. The summed E-state index contributed by atoms with van der Waals surface area (Å²) in [6, 6.07) is -4.64. The summed E-state index contributed by atoms with van der Waals surface area (Å²) in [7, 11) is 0. The minimum Gasteiger partial charge on any atom is -0.394 e. The Kier molecular flexibility index (Phi) is 44.0. The Morgan fingerprint density at radius 2 is 0.691 bits per heavy atom. The molecule has 6 aliphatic heterocycles. The van der Waals surface area contributed by atoms with E-state index >= 15 is 0 Å². The number of rotatable bonds is 50. The second-order valence-electron chi connectivity index (χ2n) is 29.9. The minimum absolute atomic E-state index is 0.179. The standard InChI is InChI=1S/C74H133N3O33/c1-5-7-9-11-13-15-17-19-21-23-25-27-29-31-43(86)42(77-50(87)32-30-28-26-24-22-20-18-16-14-12-10-8-6-2)39-99-71-61(96)58(93)66(48(37-82)104-71)108-73-62(97)59(94)65(49(38-83)105-73)106-70-52(76-41(4)85)67(54(89)45(34-79)100-70)109-74-63(98)68(55(90)46(35-80)102-74)110-69-51(75-40(3)84)56(91)64(47(36-81)103-69)107-72-60(95)57(92)53(88)44(33-78)101-72/h29,31,42-49,51-74,78-83,86,88-98H,5-28,30,32-39H2,1-4H3,(H,75,84)(H,76,85)(H,77,87)/b31-29+/t42-,43+,44?,45?,46?,47?,48?,49?,51?,52?,53-,54-,55-,56+,57-,58+,59+,60?,61?,62?,63?,64+,65-,66+,67+,68-,69-,70-,71+,72-,73-,74-/m0/s1. The first-order valence-corrected chi connectivity index (χ1v) is 40.0. The van der Waals surface area contributed by atoms with E-state index in [2.05, 4.69) is 29.8 Å². The lowest BCUT2D eigenvalue weighted by Gasteiger charge is -2.51. The molecule has 0 radical (unpaired) electrons. The fraction of sp³-hybridized carbons (Fsp3) is 0.932. The lowest BCUT2D eigenvalue weighted by Crippen LogP contribution is -2.71. The van der Waals surface area contributed by atoms with Gasteiger partial charge in [0, 0.05) is 20.3 Å². The average Bonchev–Trinajstić information content (AvgIpc) is 0.767. The molecule has 0 bridgehead atoms. The molecule has 3 amide bonds. The molecular formula is C74H133N3O33. The van der Waals surface area contributed by atoms with E-state index in [9.17, 15) is 106 Å². The highest BCUT2D eigenvalue weighted by Gasteiger charge is 2.59. The van der Waals surface area contributed by atoms with Gasteiger partial charge in [0.05, 0.1) is 58.4 Å². The Hall–Kier alpha value is -3.05. The molecule has 6 aliphatic rings. The molecule has 6 saturated heterocycles. The van der Waals surface area contributed by atoms with Crippen molar-refractivity contribution in [2.75, 3.05) is 46.2 Å². The zero-order valence-corrected chi connectivity index (χ0v) is 64.1. The van der Waals surface area contributed by atoms with Gasteiger partial charge >= 0.3 is 0 Å². The first-order valence-electron chi connectivity index (χ1n) is 40.0. The third kappa shape index (κ3) is 28.4. The normalized spacial score (nSPS) is 37.7. The minimum atomic E-state index is -2.27. The maximum Gasteiger partial charge on any atom is 0.220 e. The van der Waals surface area contributed by atoms with Gasteiger partial charge in [-0.05, 0) is 19.3 Å². The fourth-order valence-electron chi connectivity index (χ4n) is 14.7. The molecule has 36 nitrogen and oxygen atoms in total. The third-order valence-electron chi connectivity index (χ3n) is 21.2. The first kappa shape index (κ1) is 95.8. The summed E-state index contributed by atoms with van der Waals surface area (Å²) in [6.45, 7) is 0.0528. The first-order chi connectivity index (χ1) is 52.8. The van der Waals surface area contributed by atoms with Crippen LogP contribution in [0.4, 0.5) is 0 Å². The molecule has 0 aromatic heterocycles. The Bertz CT molecular complexity index is 2560. The summed E-state index contributed by atoms with van der Waals surface area (Å²) >= 11 is 0. The molecule has 110 heavy (non-hydrogen) atoms. The van der Waals surface area contributed by atoms with E-state index in [-0.39, 0.29) is 12.3 Å². The summed E-state index contributed by atoms with van der Waals surface area (Å²) < 4.78 is 70.9. The molecule has 0 saturated carbocycles. The summed E-state index contributed by atoms with van der Waals surface area (Å²) in [6.07, 6.45) is -23.2. The van der Waals surface area contributed by atoms with E-state index < -0.39 is 254 Å². The van der Waals surface area contributed by atoms with Crippen molar-refractivity contribution < 1.29 is 163 Å². The largest absolute Gasteiger partial charge is 0.394 e. The van der Waals surface area contributed by atoms with Crippen molar-refractivity contribution in [1.29, 1.82) is 0 Å². The van der Waals surface area contributed by atoms with Crippen LogP contribution in [0.2, 0.25) is 0 Å². The quantitative estimate of drug-likeness (QED) is 0.0211. The smallest absolute Gasteiger partial charge is 0.220 e. The van der Waals surface area contributed by atoms with Crippen LogP contribution in [0.5, 0.6) is 0 Å². The van der Waals surface area contributed by atoms with E-state index in [1.54, 1.807) is 6.08 Å². The number of aliphatic hydroxyl groups is 18. The van der Waals surface area contributed by atoms with Crippen molar-refractivity contribution in [3.8, 4) is 0 Å². The number of ether oxygens (including phenoxy) is 12. The number of hydrogen-bond donors (Lipinski definition) is 21. The van der Waals surface area contributed by atoms with Gasteiger partial charge in [0.25, 0.3) is 0 Å². The zero-order valence-electron chi connectivity index (χ0n) is 64.1. The maximum absolute atomic E-state index is 13.5. The second kappa shape index (κ2) is 50.5. The van der Waals surface area contributed by atoms with Crippen LogP contribution in [-0.4, -0.2) is 352 Å². The van der Waals surface area contributed by atoms with Gasteiger partial charge in [0.15, 0.2) is 37.7 Å². The summed E-state index contributed by atoms with van der Waals surface area (Å²) in [5.74, 6) is -2.05. The highest BCUT2D eigenvalue weighted by atomic mass is 16.8. The van der Waals surface area contributed by atoms with Gasteiger partial charge in [0.2, 0.25) is 17.7 Å². The fourth-order valence-corrected chi connectivity index (χ4v) is 14.7. The van der Waals surface area contributed by atoms with Crippen molar-refractivity contribution in [1.82, 2.24) is 16.0 Å². The van der Waals surface area contributed by atoms with Crippen molar-refractivity contribution in [3.63, 3.8) is 0 Å². The van der Waals surface area contributed by atoms with E-state index in [4.69, 9.17) is 56.8 Å². The molecular weight excluding hydrogens is 1460 g/mol. The number of unbranched alkanes of at least 4 members (excludes halogenated alkanes) is 23. The number of carbonyl (C=O) groups excluding carboxylic acids is 3. The van der Waals surface area contributed by atoms with Crippen LogP contribution in [0.3, 0.4) is 0 Å². The van der Waals surface area contributed by atoms with Crippen LogP contribution < -0.4 is 16.0 Å². The van der Waals surface area contributed by atoms with Gasteiger partial charge in [-0.25, -0.2) is 0 Å². The van der Waals surface area contributed by atoms with E-state index in [1.165, 1.54) is 96.3 Å². The molecule has 0 aromatic carbocycles. The van der Waals surface area contributed by atoms with Crippen LogP contribution in [0, 0.1) is 0 Å². The number of nitrogens with one attached hydrogen (secondary N) is 3. The van der Waals surface area contributed by atoms with Gasteiger partial charge in [-0.2, -0.15) is 0 Å². The molecule has 0 aliphatic carbocycles. The van der Waals surface area contributed by atoms with Gasteiger partial charge in [0.1, 0.15) is 146 Å². The highest BCUT2D eigenvalue weighted by Crippen LogP contribution is 2.38. The van der Waals surface area contributed by atoms with E-state index in [1.807, 2.05) is 6.08 Å². The summed E-state index contributed by atoms with van der Waals surface area (Å²) in [5, 5.41) is 207. The number of hydrogen-bond acceptors (Lipinski definition) is 33. The van der Waals surface area contributed by atoms with Crippen molar-refractivity contribution >= 4 is 17.7 Å². The summed E-state index contributed by atoms with van der Waals surface area (Å²) in [5.41, 5.74) is 0. The Labute approximate surface area is 643 Å². The molecule has 32 atom stereocenters. The monoisotopic (exact) mass is 1590 g/mol. The van der Waals surface area contributed by atoms with E-state index in [0.29, 0.717) is 12.8 Å². The van der Waals surface area contributed by atoms with Crippen LogP contribution in [0.1, 0.15) is 195 Å². The molecule has 6 rings (SSSR count). The molecule has 0 aromatic rings. The number of aliphatic hydroxyl groups excluding tert-OH is 18. The third-order valence-corrected chi connectivity index (χ3v) is 21.2. The molecule has 6 heterocycles. The van der Waals surface area contributed by atoms with Gasteiger partial charge < -0.3 is 165 Å². The van der Waals surface area contributed by atoms with Crippen molar-refractivity contribution in [3.05, 3.63) is 12.2 Å². The van der Waals surface area contributed by atoms with Gasteiger partial charge in [-0.15, -0.1) is 0 Å². The van der Waals surface area contributed by atoms with Crippen LogP contribution >= 0.6 is 0 Å². The molecule has 36 heteroatoms. The van der Waals surface area contributed by atoms with Gasteiger partial charge in [-0.1, -0.05) is 167 Å². The zero-order chi connectivity index (χ0) is 80.6. The SMILES string of the molecule is CCCCCCCCCCCCC/C=C/[C@@H](O)[C@H](CO[C@@H]1OC(CO)[C@@H](O[C@@H]2OC(CO)[C@H](O[C@@H]3OC(CO)[C@H](O)[C@H](O[C@@H]4OC(CO)[C@H](O)[C@H](O[C@@H]5OC(CO)[C@@H](O[C@@H]6OC(CO)[C@H](O)[C@H](O)C6O)[C@H](O)C5NC(C)=O)C4O)C3NC(C)=O)[C@H](O)C2O)[C@H](O)C1O)NC(=O)CCCCCCCCCCCCCCC. The molecule has 6 fully saturated rings. The predicted molar refractivity (Wildman–Crippen MR) is 385 cm³/mol. The molecule has 0 spiro atoms. The van der Waals surface area contributed by atoms with Crippen molar-refractivity contribution in [2.45, 2.75) is 391 Å². The summed E-state index contributed by atoms with van der Waals surface area (Å²) in [4.78, 5) is 39.2. The Morgan fingerprint density at radius 1 is 0.355 bits per heavy atom. The topological polar surface area (TPSA) is 562 Å². The van der Waals surface area contributed by atoms with Crippen molar-refractivity contribution in [2.24, 2.45) is 0 Å². The van der Waals surface area contributed by atoms with Crippen LogP contribution in [0.25, 0.3) is 0 Å². The average molecular weight is 1590 g/mol. The Morgan fingerprint density at radius 3 is 1.16 bits per heavy atom. The van der Waals surface area contributed by atoms with Crippen LogP contribution in [-0.2, 0) is 71.2 Å². The van der Waals surface area contributed by atoms with E-state index in [0.717, 1.165) is 65.2 Å². The molecule has 21 N–H and O–H groups in total. The lowest BCUT2D eigenvalue weighted by atomic mass is 9.93. The van der Waals surface area contributed by atoms with Gasteiger partial charge in [-0.3, -0.25) is 14.4 Å². The highest BCUT2D eigenvalue weighted by molar-refractivity contribution is 5.76. The molecule has 642 valence electrons. The second-order valence-corrected chi connectivity index (χ2v) is 29.9. The Balaban J connectivity index is 1.10. The number of allylic oxidation sites excluding steroid dienone is 1.